The summed E-state index contributed by atoms with van der Waals surface area (Å²) in [6.07, 6.45) is 6.09. The minimum atomic E-state index is -0.144. The molecule has 2 saturated carbocycles. The molecule has 2 nitrogen and oxygen atoms in total. The fourth-order valence-corrected chi connectivity index (χ4v) is 3.01. The van der Waals surface area contributed by atoms with Crippen LogP contribution in [0.25, 0.3) is 0 Å². The first-order valence-corrected chi connectivity index (χ1v) is 5.53. The van der Waals surface area contributed by atoms with Crippen LogP contribution in [0, 0.1) is 11.8 Å². The molecule has 3 atom stereocenters. The lowest BCUT2D eigenvalue weighted by Crippen LogP contribution is -2.26. The van der Waals surface area contributed by atoms with Crippen LogP contribution in [0.2, 0.25) is 0 Å². The zero-order chi connectivity index (χ0) is 10.1. The van der Waals surface area contributed by atoms with E-state index in [2.05, 4.69) is 6.58 Å². The zero-order valence-corrected chi connectivity index (χ0v) is 8.79. The summed E-state index contributed by atoms with van der Waals surface area (Å²) in [6, 6.07) is 0. The third kappa shape index (κ3) is 1.70. The van der Waals surface area contributed by atoms with Crippen molar-refractivity contribution in [3.8, 4) is 0 Å². The third-order valence-electron chi connectivity index (χ3n) is 3.60. The van der Waals surface area contributed by atoms with Gasteiger partial charge in [-0.2, -0.15) is 0 Å². The van der Waals surface area contributed by atoms with Gasteiger partial charge in [0.1, 0.15) is 6.10 Å². The highest BCUT2D eigenvalue weighted by Crippen LogP contribution is 2.46. The number of hydrogen-bond acceptors (Lipinski definition) is 2. The zero-order valence-electron chi connectivity index (χ0n) is 8.79. The van der Waals surface area contributed by atoms with E-state index in [-0.39, 0.29) is 12.1 Å². The molecule has 78 valence electrons. The van der Waals surface area contributed by atoms with Crippen molar-refractivity contribution in [2.45, 2.75) is 45.1 Å². The van der Waals surface area contributed by atoms with Gasteiger partial charge in [-0.15, -0.1) is 0 Å². The van der Waals surface area contributed by atoms with Crippen molar-refractivity contribution in [2.75, 3.05) is 0 Å². The van der Waals surface area contributed by atoms with E-state index in [0.717, 1.165) is 6.42 Å². The van der Waals surface area contributed by atoms with Crippen LogP contribution >= 0.6 is 0 Å². The molecular weight excluding hydrogens is 176 g/mol. The Morgan fingerprint density at radius 3 is 2.86 bits per heavy atom. The van der Waals surface area contributed by atoms with Crippen LogP contribution in [0.3, 0.4) is 0 Å². The summed E-state index contributed by atoms with van der Waals surface area (Å²) in [5.74, 6) is 1.06. The summed E-state index contributed by atoms with van der Waals surface area (Å²) < 4.78 is 5.35. The van der Waals surface area contributed by atoms with Crippen LogP contribution in [0.5, 0.6) is 0 Å². The standard InChI is InChI=1S/C12H18O2/c1-8-7-12(14-9(2)13)11-6-4-3-5-10(8)11/h10-12H,1,3-7H2,2H3/t10-,11-,12?/m1/s1. The molecule has 0 bridgehead atoms. The molecule has 2 aliphatic carbocycles. The molecule has 0 aromatic carbocycles. The second-order valence-electron chi connectivity index (χ2n) is 4.57. The largest absolute Gasteiger partial charge is 0.462 e. The number of esters is 1. The fraction of sp³-hybridized carbons (Fsp3) is 0.750. The molecule has 14 heavy (non-hydrogen) atoms. The van der Waals surface area contributed by atoms with Crippen LogP contribution in [0.1, 0.15) is 39.0 Å². The minimum absolute atomic E-state index is 0.130. The van der Waals surface area contributed by atoms with Gasteiger partial charge in [0.15, 0.2) is 0 Å². The fourth-order valence-electron chi connectivity index (χ4n) is 3.01. The van der Waals surface area contributed by atoms with E-state index >= 15 is 0 Å². The summed E-state index contributed by atoms with van der Waals surface area (Å²) in [6.45, 7) is 5.60. The Bertz CT molecular complexity index is 257. The van der Waals surface area contributed by atoms with Gasteiger partial charge in [0.05, 0.1) is 0 Å². The third-order valence-corrected chi connectivity index (χ3v) is 3.60. The van der Waals surface area contributed by atoms with Gasteiger partial charge in [0, 0.05) is 19.3 Å². The average molecular weight is 194 g/mol. The van der Waals surface area contributed by atoms with Gasteiger partial charge >= 0.3 is 5.97 Å². The highest BCUT2D eigenvalue weighted by molar-refractivity contribution is 5.66. The number of rotatable bonds is 1. The molecule has 2 heteroatoms. The first kappa shape index (κ1) is 9.75. The first-order valence-electron chi connectivity index (χ1n) is 5.53. The van der Waals surface area contributed by atoms with Gasteiger partial charge in [0.25, 0.3) is 0 Å². The first-order chi connectivity index (χ1) is 6.68. The smallest absolute Gasteiger partial charge is 0.302 e. The number of fused-ring (bicyclic) bond motifs is 1. The van der Waals surface area contributed by atoms with E-state index < -0.39 is 0 Å². The monoisotopic (exact) mass is 194 g/mol. The van der Waals surface area contributed by atoms with E-state index in [0.29, 0.717) is 11.8 Å². The van der Waals surface area contributed by atoms with Crippen molar-refractivity contribution in [3.63, 3.8) is 0 Å². The van der Waals surface area contributed by atoms with E-state index in [4.69, 9.17) is 4.74 Å². The lowest BCUT2D eigenvalue weighted by molar-refractivity contribution is -0.148. The number of carbonyl (C=O) groups is 1. The van der Waals surface area contributed by atoms with Crippen LogP contribution in [-0.2, 0) is 9.53 Å². The number of ether oxygens (including phenoxy) is 1. The van der Waals surface area contributed by atoms with Gasteiger partial charge in [-0.1, -0.05) is 25.0 Å². The predicted octanol–water partition coefficient (Wildman–Crippen LogP) is 2.68. The molecule has 0 N–H and O–H groups in total. The topological polar surface area (TPSA) is 26.3 Å². The molecule has 0 amide bonds. The summed E-state index contributed by atoms with van der Waals surface area (Å²) in [5.41, 5.74) is 1.31. The molecular formula is C12H18O2. The summed E-state index contributed by atoms with van der Waals surface area (Å²) in [5, 5.41) is 0. The summed E-state index contributed by atoms with van der Waals surface area (Å²) >= 11 is 0. The molecule has 0 radical (unpaired) electrons. The Balaban J connectivity index is 2.06. The molecule has 2 aliphatic rings. The summed E-state index contributed by atoms with van der Waals surface area (Å²) in [7, 11) is 0. The second-order valence-corrected chi connectivity index (χ2v) is 4.57. The predicted molar refractivity (Wildman–Crippen MR) is 54.8 cm³/mol. The van der Waals surface area contributed by atoms with E-state index in [1.54, 1.807) is 0 Å². The number of hydrogen-bond donors (Lipinski definition) is 0. The van der Waals surface area contributed by atoms with Crippen molar-refractivity contribution in [3.05, 3.63) is 12.2 Å². The van der Waals surface area contributed by atoms with Gasteiger partial charge < -0.3 is 4.74 Å². The quantitative estimate of drug-likeness (QED) is 0.474. The maximum Gasteiger partial charge on any atom is 0.302 e. The highest BCUT2D eigenvalue weighted by atomic mass is 16.5. The van der Waals surface area contributed by atoms with Crippen LogP contribution in [0.4, 0.5) is 0 Å². The van der Waals surface area contributed by atoms with Crippen molar-refractivity contribution in [2.24, 2.45) is 11.8 Å². The second kappa shape index (κ2) is 3.76. The maximum atomic E-state index is 10.9. The van der Waals surface area contributed by atoms with Gasteiger partial charge in [-0.25, -0.2) is 0 Å². The molecule has 0 aromatic heterocycles. The SMILES string of the molecule is C=C1CC(OC(C)=O)[C@@H]2CCCC[C@H]12. The van der Waals surface area contributed by atoms with E-state index in [9.17, 15) is 4.79 Å². The molecule has 0 aliphatic heterocycles. The number of carbonyl (C=O) groups excluding carboxylic acids is 1. The van der Waals surface area contributed by atoms with Crippen LogP contribution < -0.4 is 0 Å². The van der Waals surface area contributed by atoms with E-state index in [1.807, 2.05) is 0 Å². The Morgan fingerprint density at radius 1 is 1.43 bits per heavy atom. The average Bonchev–Trinajstić information content (AvgIpc) is 2.44. The molecule has 2 fully saturated rings. The van der Waals surface area contributed by atoms with Gasteiger partial charge in [0.2, 0.25) is 0 Å². The normalized spacial score (nSPS) is 36.6. The summed E-state index contributed by atoms with van der Waals surface area (Å²) in [4.78, 5) is 10.9. The molecule has 0 aromatic rings. The molecule has 0 spiro atoms. The van der Waals surface area contributed by atoms with E-state index in [1.165, 1.54) is 38.2 Å². The Hall–Kier alpha value is -0.790. The maximum absolute atomic E-state index is 10.9. The van der Waals surface area contributed by atoms with Gasteiger partial charge in [-0.3, -0.25) is 4.79 Å². The van der Waals surface area contributed by atoms with Crippen molar-refractivity contribution >= 4 is 5.97 Å². The highest BCUT2D eigenvalue weighted by Gasteiger charge is 2.41. The Kier molecular flexibility index (Phi) is 2.62. The minimum Gasteiger partial charge on any atom is -0.462 e. The molecule has 0 heterocycles. The van der Waals surface area contributed by atoms with Gasteiger partial charge in [-0.05, 0) is 18.8 Å². The Morgan fingerprint density at radius 2 is 2.14 bits per heavy atom. The lowest BCUT2D eigenvalue weighted by atomic mass is 9.80. The lowest BCUT2D eigenvalue weighted by Gasteiger charge is -2.28. The van der Waals surface area contributed by atoms with Crippen LogP contribution in [0.15, 0.2) is 12.2 Å². The van der Waals surface area contributed by atoms with Crippen molar-refractivity contribution < 1.29 is 9.53 Å². The molecule has 1 unspecified atom stereocenters. The van der Waals surface area contributed by atoms with Crippen molar-refractivity contribution in [1.82, 2.24) is 0 Å². The van der Waals surface area contributed by atoms with Crippen LogP contribution in [-0.4, -0.2) is 12.1 Å². The molecule has 2 rings (SSSR count). The molecule has 0 saturated heterocycles. The van der Waals surface area contributed by atoms with Crippen molar-refractivity contribution in [1.29, 1.82) is 0 Å². The Labute approximate surface area is 85.3 Å².